The molecule has 0 aliphatic heterocycles. The monoisotopic (exact) mass is 419 g/mol. The first-order chi connectivity index (χ1) is 14.3. The summed E-state index contributed by atoms with van der Waals surface area (Å²) in [5.41, 5.74) is 8.59. The molecular formula is C23H21N3O3S. The maximum absolute atomic E-state index is 13.7. The molecule has 1 aromatic heterocycles. The first kappa shape index (κ1) is 20.0. The summed E-state index contributed by atoms with van der Waals surface area (Å²) in [7, 11) is -3.87. The number of hydrogen-bond donors (Lipinski definition) is 2. The highest BCUT2D eigenvalue weighted by atomic mass is 32.2. The van der Waals surface area contributed by atoms with E-state index < -0.39 is 10.0 Å². The van der Waals surface area contributed by atoms with Gasteiger partial charge in [-0.3, -0.25) is 9.36 Å². The van der Waals surface area contributed by atoms with E-state index in [2.05, 4.69) is 0 Å². The van der Waals surface area contributed by atoms with Crippen molar-refractivity contribution < 1.29 is 8.42 Å². The lowest BCUT2D eigenvalue weighted by molar-refractivity contribution is 0.598. The molecule has 0 bridgehead atoms. The minimum atomic E-state index is -3.87. The minimum absolute atomic E-state index is 0.00686. The van der Waals surface area contributed by atoms with Gasteiger partial charge in [0, 0.05) is 17.4 Å². The van der Waals surface area contributed by atoms with Gasteiger partial charge in [0.2, 0.25) is 10.0 Å². The van der Waals surface area contributed by atoms with E-state index in [4.69, 9.17) is 10.9 Å². The Bertz CT molecular complexity index is 1410. The largest absolute Gasteiger partial charge is 0.323 e. The number of fused-ring (bicyclic) bond motifs is 1. The maximum atomic E-state index is 13.7. The molecule has 30 heavy (non-hydrogen) atoms. The average Bonchev–Trinajstić information content (AvgIpc) is 2.73. The Morgan fingerprint density at radius 2 is 1.60 bits per heavy atom. The summed E-state index contributed by atoms with van der Waals surface area (Å²) in [4.78, 5) is 13.7. The predicted octanol–water partition coefficient (Wildman–Crippen LogP) is 3.32. The normalized spacial score (nSPS) is 12.8. The summed E-state index contributed by atoms with van der Waals surface area (Å²) in [5, 5.41) is 6.51. The van der Waals surface area contributed by atoms with E-state index >= 15 is 0 Å². The molecule has 0 amide bonds. The van der Waals surface area contributed by atoms with Crippen LogP contribution in [0.4, 0.5) is 0 Å². The van der Waals surface area contributed by atoms with Gasteiger partial charge in [0.05, 0.1) is 10.3 Å². The van der Waals surface area contributed by atoms with Crippen molar-refractivity contribution in [2.45, 2.75) is 17.9 Å². The van der Waals surface area contributed by atoms with Gasteiger partial charge in [-0.15, -0.1) is 0 Å². The molecule has 152 valence electrons. The number of sulfonamides is 1. The molecule has 0 spiro atoms. The van der Waals surface area contributed by atoms with Gasteiger partial charge in [0.25, 0.3) is 5.56 Å². The number of nitrogens with two attached hydrogens (primary N) is 2. The molecule has 0 aliphatic rings. The van der Waals surface area contributed by atoms with E-state index in [1.807, 2.05) is 55.5 Å². The van der Waals surface area contributed by atoms with Crippen molar-refractivity contribution in [3.05, 3.63) is 94.9 Å². The van der Waals surface area contributed by atoms with Crippen LogP contribution in [0.25, 0.3) is 27.6 Å². The van der Waals surface area contributed by atoms with Gasteiger partial charge in [-0.05, 0) is 53.8 Å². The van der Waals surface area contributed by atoms with Crippen molar-refractivity contribution in [2.24, 2.45) is 10.9 Å². The standard InChI is InChI=1S/C23H21N3O3S/c1-15(24)21-14-17-8-6-12-20(16-7-5-11-19(13-16)30(25,28)29)22(17)23(27)26(21)18-9-3-2-4-10-18/h2-15H,24H2,1H3,(H2,25,28,29). The number of rotatable bonds is 4. The highest BCUT2D eigenvalue weighted by Gasteiger charge is 2.17. The van der Waals surface area contributed by atoms with Crippen LogP contribution < -0.4 is 16.4 Å². The number of para-hydroxylation sites is 1. The third kappa shape index (κ3) is 3.54. The van der Waals surface area contributed by atoms with E-state index in [9.17, 15) is 13.2 Å². The van der Waals surface area contributed by atoms with Crippen LogP contribution in [0.2, 0.25) is 0 Å². The lowest BCUT2D eigenvalue weighted by Crippen LogP contribution is -2.26. The Balaban J connectivity index is 2.09. The Morgan fingerprint density at radius 1 is 0.900 bits per heavy atom. The second kappa shape index (κ2) is 7.53. The van der Waals surface area contributed by atoms with Crippen molar-refractivity contribution >= 4 is 20.8 Å². The fourth-order valence-electron chi connectivity index (χ4n) is 3.64. The van der Waals surface area contributed by atoms with E-state index in [0.717, 1.165) is 5.39 Å². The number of nitrogens with zero attached hydrogens (tertiary/aromatic N) is 1. The van der Waals surface area contributed by atoms with Crippen molar-refractivity contribution in [1.82, 2.24) is 4.57 Å². The maximum Gasteiger partial charge on any atom is 0.263 e. The SMILES string of the molecule is CC(N)c1cc2cccc(-c3cccc(S(N)(=O)=O)c3)c2c(=O)n1-c1ccccc1. The minimum Gasteiger partial charge on any atom is -0.323 e. The summed E-state index contributed by atoms with van der Waals surface area (Å²) in [6.07, 6.45) is 0. The molecule has 0 saturated heterocycles. The second-order valence-electron chi connectivity index (χ2n) is 7.18. The van der Waals surface area contributed by atoms with Crippen LogP contribution in [-0.4, -0.2) is 13.0 Å². The molecule has 3 aromatic carbocycles. The zero-order valence-electron chi connectivity index (χ0n) is 16.3. The highest BCUT2D eigenvalue weighted by Crippen LogP contribution is 2.30. The number of aromatic nitrogens is 1. The molecule has 0 saturated carbocycles. The molecule has 1 atom stereocenters. The molecule has 6 nitrogen and oxygen atoms in total. The average molecular weight is 420 g/mol. The predicted molar refractivity (Wildman–Crippen MR) is 119 cm³/mol. The summed E-state index contributed by atoms with van der Waals surface area (Å²) >= 11 is 0. The van der Waals surface area contributed by atoms with Crippen LogP contribution in [0.3, 0.4) is 0 Å². The Hall–Kier alpha value is -3.26. The Kier molecular flexibility index (Phi) is 5.03. The lowest BCUT2D eigenvalue weighted by Gasteiger charge is -2.18. The fraction of sp³-hybridized carbons (Fsp3) is 0.0870. The quantitative estimate of drug-likeness (QED) is 0.529. The van der Waals surface area contributed by atoms with Gasteiger partial charge in [-0.25, -0.2) is 13.6 Å². The summed E-state index contributed by atoms with van der Waals surface area (Å²) < 4.78 is 25.2. The Morgan fingerprint density at radius 3 is 2.27 bits per heavy atom. The van der Waals surface area contributed by atoms with Gasteiger partial charge < -0.3 is 5.73 Å². The zero-order chi connectivity index (χ0) is 21.5. The number of primary sulfonamides is 1. The third-order valence-electron chi connectivity index (χ3n) is 5.03. The first-order valence-electron chi connectivity index (χ1n) is 9.40. The summed E-state index contributed by atoms with van der Waals surface area (Å²) in [5.74, 6) is 0. The van der Waals surface area contributed by atoms with Crippen molar-refractivity contribution in [2.75, 3.05) is 0 Å². The lowest BCUT2D eigenvalue weighted by atomic mass is 9.98. The highest BCUT2D eigenvalue weighted by molar-refractivity contribution is 7.89. The topological polar surface area (TPSA) is 108 Å². The van der Waals surface area contributed by atoms with Crippen LogP contribution in [0.1, 0.15) is 18.7 Å². The van der Waals surface area contributed by atoms with E-state index in [0.29, 0.717) is 27.9 Å². The zero-order valence-corrected chi connectivity index (χ0v) is 17.1. The number of pyridine rings is 1. The molecule has 0 aliphatic carbocycles. The Labute approximate surface area is 174 Å². The fourth-order valence-corrected chi connectivity index (χ4v) is 4.20. The van der Waals surface area contributed by atoms with Gasteiger partial charge >= 0.3 is 0 Å². The van der Waals surface area contributed by atoms with Crippen LogP contribution in [0.15, 0.2) is 88.6 Å². The summed E-state index contributed by atoms with van der Waals surface area (Å²) in [6.45, 7) is 1.83. The van der Waals surface area contributed by atoms with Crippen LogP contribution >= 0.6 is 0 Å². The molecule has 1 heterocycles. The molecule has 0 radical (unpaired) electrons. The third-order valence-corrected chi connectivity index (χ3v) is 5.94. The van der Waals surface area contributed by atoms with Crippen LogP contribution in [0, 0.1) is 0 Å². The molecular weight excluding hydrogens is 398 g/mol. The molecule has 4 N–H and O–H groups in total. The van der Waals surface area contributed by atoms with Crippen LogP contribution in [0.5, 0.6) is 0 Å². The van der Waals surface area contributed by atoms with Crippen molar-refractivity contribution in [1.29, 1.82) is 0 Å². The van der Waals surface area contributed by atoms with Gasteiger partial charge in [0.15, 0.2) is 0 Å². The van der Waals surface area contributed by atoms with Gasteiger partial charge in [-0.1, -0.05) is 48.5 Å². The molecule has 4 aromatic rings. The van der Waals surface area contributed by atoms with Gasteiger partial charge in [0.1, 0.15) is 0 Å². The van der Waals surface area contributed by atoms with E-state index in [1.54, 1.807) is 22.8 Å². The van der Waals surface area contributed by atoms with Crippen molar-refractivity contribution in [3.8, 4) is 16.8 Å². The van der Waals surface area contributed by atoms with Gasteiger partial charge in [-0.2, -0.15) is 0 Å². The number of benzene rings is 3. The smallest absolute Gasteiger partial charge is 0.263 e. The molecule has 4 rings (SSSR count). The van der Waals surface area contributed by atoms with E-state index in [1.165, 1.54) is 12.1 Å². The molecule has 7 heteroatoms. The van der Waals surface area contributed by atoms with E-state index in [-0.39, 0.29) is 16.5 Å². The molecule has 1 unspecified atom stereocenters. The second-order valence-corrected chi connectivity index (χ2v) is 8.74. The first-order valence-corrected chi connectivity index (χ1v) is 10.9. The molecule has 0 fully saturated rings. The van der Waals surface area contributed by atoms with Crippen molar-refractivity contribution in [3.63, 3.8) is 0 Å². The number of hydrogen-bond acceptors (Lipinski definition) is 4. The summed E-state index contributed by atoms with van der Waals surface area (Å²) in [6, 6.07) is 22.6. The van der Waals surface area contributed by atoms with Crippen LogP contribution in [-0.2, 0) is 10.0 Å².